The zero-order valence-electron chi connectivity index (χ0n) is 10.1. The number of oxazole rings is 1. The van der Waals surface area contributed by atoms with Crippen LogP contribution in [0.25, 0.3) is 0 Å². The minimum atomic E-state index is 0.229. The van der Waals surface area contributed by atoms with Gasteiger partial charge in [0.2, 0.25) is 5.69 Å². The van der Waals surface area contributed by atoms with E-state index >= 15 is 0 Å². The van der Waals surface area contributed by atoms with Gasteiger partial charge in [0.25, 0.3) is 5.88 Å². The molecule has 0 aliphatic rings. The predicted octanol–water partition coefficient (Wildman–Crippen LogP) is 2.92. The SMILES string of the molecule is CCc1nc(C#N)c(N/N=C/c2sccc2C)o1. The van der Waals surface area contributed by atoms with Crippen LogP contribution in [0.2, 0.25) is 0 Å². The summed E-state index contributed by atoms with van der Waals surface area (Å²) < 4.78 is 5.35. The van der Waals surface area contributed by atoms with Crippen LogP contribution in [-0.4, -0.2) is 11.2 Å². The first-order valence-corrected chi connectivity index (χ1v) is 6.35. The molecule has 2 rings (SSSR count). The first-order chi connectivity index (χ1) is 8.74. The number of aryl methyl sites for hydroxylation is 2. The van der Waals surface area contributed by atoms with E-state index in [0.717, 1.165) is 10.4 Å². The summed E-state index contributed by atoms with van der Waals surface area (Å²) >= 11 is 1.60. The number of aromatic nitrogens is 1. The third-order valence-electron chi connectivity index (χ3n) is 2.33. The van der Waals surface area contributed by atoms with Crippen molar-refractivity contribution in [3.8, 4) is 6.07 Å². The second kappa shape index (κ2) is 5.47. The monoisotopic (exact) mass is 260 g/mol. The summed E-state index contributed by atoms with van der Waals surface area (Å²) in [5, 5.41) is 14.9. The standard InChI is InChI=1S/C12H12N4OS/c1-3-11-15-9(6-13)12(17-11)16-14-7-10-8(2)4-5-18-10/h4-5,7,16H,3H2,1-2H3/b14-7+. The van der Waals surface area contributed by atoms with Crippen molar-refractivity contribution in [2.75, 3.05) is 5.43 Å². The molecule has 0 atom stereocenters. The Labute approximate surface area is 109 Å². The smallest absolute Gasteiger partial charge is 0.252 e. The fourth-order valence-electron chi connectivity index (χ4n) is 1.33. The maximum Gasteiger partial charge on any atom is 0.252 e. The van der Waals surface area contributed by atoms with E-state index in [0.29, 0.717) is 18.2 Å². The minimum absolute atomic E-state index is 0.229. The Bertz CT molecular complexity index is 606. The Balaban J connectivity index is 2.11. The molecule has 18 heavy (non-hydrogen) atoms. The molecular formula is C12H12N4OS. The summed E-state index contributed by atoms with van der Waals surface area (Å²) in [5.41, 5.74) is 4.10. The van der Waals surface area contributed by atoms with E-state index in [9.17, 15) is 0 Å². The molecule has 0 fully saturated rings. The van der Waals surface area contributed by atoms with E-state index in [1.165, 1.54) is 0 Å². The molecule has 2 aromatic heterocycles. The van der Waals surface area contributed by atoms with E-state index < -0.39 is 0 Å². The highest BCUT2D eigenvalue weighted by atomic mass is 32.1. The molecular weight excluding hydrogens is 248 g/mol. The van der Waals surface area contributed by atoms with E-state index in [1.807, 2.05) is 31.4 Å². The van der Waals surface area contributed by atoms with Crippen molar-refractivity contribution < 1.29 is 4.42 Å². The van der Waals surface area contributed by atoms with Crippen molar-refractivity contribution in [1.29, 1.82) is 5.26 Å². The van der Waals surface area contributed by atoms with Gasteiger partial charge in [0, 0.05) is 11.3 Å². The van der Waals surface area contributed by atoms with Gasteiger partial charge in [-0.2, -0.15) is 10.4 Å². The number of anilines is 1. The summed E-state index contributed by atoms with van der Waals surface area (Å²) in [6.45, 7) is 3.93. The Kier molecular flexibility index (Phi) is 3.75. The first kappa shape index (κ1) is 12.3. The zero-order valence-corrected chi connectivity index (χ0v) is 10.9. The summed E-state index contributed by atoms with van der Waals surface area (Å²) in [7, 11) is 0. The van der Waals surface area contributed by atoms with Gasteiger partial charge < -0.3 is 4.42 Å². The number of hydrogen-bond acceptors (Lipinski definition) is 6. The van der Waals surface area contributed by atoms with Crippen LogP contribution in [-0.2, 0) is 6.42 Å². The molecule has 0 spiro atoms. The molecule has 0 radical (unpaired) electrons. The fourth-order valence-corrected chi connectivity index (χ4v) is 2.12. The zero-order chi connectivity index (χ0) is 13.0. The van der Waals surface area contributed by atoms with Crippen molar-refractivity contribution in [2.24, 2.45) is 5.10 Å². The molecule has 0 unspecified atom stereocenters. The van der Waals surface area contributed by atoms with Crippen LogP contribution in [0.5, 0.6) is 0 Å². The lowest BCUT2D eigenvalue weighted by Gasteiger charge is -1.94. The van der Waals surface area contributed by atoms with Crippen molar-refractivity contribution >= 4 is 23.4 Å². The number of nitrogens with one attached hydrogen (secondary N) is 1. The topological polar surface area (TPSA) is 74.2 Å². The van der Waals surface area contributed by atoms with Crippen LogP contribution >= 0.6 is 11.3 Å². The number of nitriles is 1. The number of hydrazone groups is 1. The van der Waals surface area contributed by atoms with Gasteiger partial charge in [0.05, 0.1) is 6.21 Å². The van der Waals surface area contributed by atoms with Crippen LogP contribution < -0.4 is 5.43 Å². The quantitative estimate of drug-likeness (QED) is 0.677. The maximum absolute atomic E-state index is 8.89. The van der Waals surface area contributed by atoms with Crippen molar-refractivity contribution in [3.63, 3.8) is 0 Å². The average molecular weight is 260 g/mol. The van der Waals surface area contributed by atoms with Gasteiger partial charge in [0.1, 0.15) is 6.07 Å². The summed E-state index contributed by atoms with van der Waals surface area (Å²) in [6, 6.07) is 3.99. The van der Waals surface area contributed by atoms with Crippen molar-refractivity contribution in [2.45, 2.75) is 20.3 Å². The van der Waals surface area contributed by atoms with Crippen LogP contribution in [0.15, 0.2) is 21.0 Å². The summed E-state index contributed by atoms with van der Waals surface area (Å²) in [4.78, 5) is 5.08. The Morgan fingerprint density at radius 2 is 2.50 bits per heavy atom. The van der Waals surface area contributed by atoms with Gasteiger partial charge >= 0.3 is 0 Å². The van der Waals surface area contributed by atoms with Crippen LogP contribution in [0.1, 0.15) is 28.9 Å². The van der Waals surface area contributed by atoms with E-state index in [2.05, 4.69) is 15.5 Å². The highest BCUT2D eigenvalue weighted by Crippen LogP contribution is 2.17. The number of rotatable bonds is 4. The second-order valence-electron chi connectivity index (χ2n) is 3.59. The van der Waals surface area contributed by atoms with Gasteiger partial charge in [-0.25, -0.2) is 10.4 Å². The Hall–Kier alpha value is -2.13. The molecule has 0 amide bonds. The highest BCUT2D eigenvalue weighted by molar-refractivity contribution is 7.11. The lowest BCUT2D eigenvalue weighted by Crippen LogP contribution is -1.91. The fraction of sp³-hybridized carbons (Fsp3) is 0.250. The van der Waals surface area contributed by atoms with Crippen LogP contribution in [0.4, 0.5) is 5.88 Å². The number of nitrogens with zero attached hydrogens (tertiary/aromatic N) is 3. The molecule has 92 valence electrons. The minimum Gasteiger partial charge on any atom is -0.422 e. The molecule has 5 nitrogen and oxygen atoms in total. The lowest BCUT2D eigenvalue weighted by molar-refractivity contribution is 0.513. The van der Waals surface area contributed by atoms with Gasteiger partial charge in [-0.15, -0.1) is 11.3 Å². The molecule has 0 aromatic carbocycles. The largest absolute Gasteiger partial charge is 0.422 e. The van der Waals surface area contributed by atoms with E-state index in [1.54, 1.807) is 17.6 Å². The highest BCUT2D eigenvalue weighted by Gasteiger charge is 2.10. The predicted molar refractivity (Wildman–Crippen MR) is 70.9 cm³/mol. The lowest BCUT2D eigenvalue weighted by atomic mass is 10.3. The molecule has 0 aliphatic heterocycles. The summed E-state index contributed by atoms with van der Waals surface area (Å²) in [6.07, 6.45) is 2.35. The van der Waals surface area contributed by atoms with Gasteiger partial charge in [-0.3, -0.25) is 0 Å². The molecule has 0 saturated carbocycles. The molecule has 2 heterocycles. The van der Waals surface area contributed by atoms with Gasteiger partial charge in [-0.05, 0) is 23.9 Å². The molecule has 0 aliphatic carbocycles. The van der Waals surface area contributed by atoms with E-state index in [4.69, 9.17) is 9.68 Å². The summed E-state index contributed by atoms with van der Waals surface area (Å²) in [5.74, 6) is 0.816. The number of hydrogen-bond donors (Lipinski definition) is 1. The molecule has 1 N–H and O–H groups in total. The molecule has 6 heteroatoms. The second-order valence-corrected chi connectivity index (χ2v) is 4.54. The molecule has 0 bridgehead atoms. The average Bonchev–Trinajstić information content (AvgIpc) is 2.96. The van der Waals surface area contributed by atoms with Gasteiger partial charge in [0.15, 0.2) is 5.89 Å². The third kappa shape index (κ3) is 2.57. The Morgan fingerprint density at radius 1 is 1.67 bits per heavy atom. The number of thiophene rings is 1. The first-order valence-electron chi connectivity index (χ1n) is 5.47. The molecule has 2 aromatic rings. The Morgan fingerprint density at radius 3 is 3.11 bits per heavy atom. The van der Waals surface area contributed by atoms with Crippen molar-refractivity contribution in [3.05, 3.63) is 33.5 Å². The van der Waals surface area contributed by atoms with Crippen LogP contribution in [0.3, 0.4) is 0 Å². The van der Waals surface area contributed by atoms with Crippen LogP contribution in [0, 0.1) is 18.3 Å². The van der Waals surface area contributed by atoms with E-state index in [-0.39, 0.29) is 5.69 Å². The normalized spacial score (nSPS) is 10.7. The third-order valence-corrected chi connectivity index (χ3v) is 3.28. The molecule has 0 saturated heterocycles. The van der Waals surface area contributed by atoms with Crippen molar-refractivity contribution in [1.82, 2.24) is 4.98 Å². The van der Waals surface area contributed by atoms with Gasteiger partial charge in [-0.1, -0.05) is 6.92 Å². The maximum atomic E-state index is 8.89.